The standard InChI is InChI=1S/C17H16N2O4/c1-22-12-9-8-11(17(20)21)13-14(12)19-16(18-13)15(23-2)10-6-4-3-5-7-10/h3-9,15H,1-2H3,(H,18,19)(H,20,21). The fourth-order valence-corrected chi connectivity index (χ4v) is 2.59. The van der Waals surface area contributed by atoms with Crippen LogP contribution >= 0.6 is 0 Å². The van der Waals surface area contributed by atoms with Gasteiger partial charge in [-0.3, -0.25) is 0 Å². The van der Waals surface area contributed by atoms with Crippen molar-refractivity contribution >= 4 is 17.0 Å². The maximum absolute atomic E-state index is 11.4. The van der Waals surface area contributed by atoms with E-state index in [0.29, 0.717) is 22.6 Å². The number of imidazole rings is 1. The number of rotatable bonds is 5. The first-order chi connectivity index (χ1) is 11.2. The van der Waals surface area contributed by atoms with Gasteiger partial charge in [0.1, 0.15) is 23.2 Å². The molecule has 0 spiro atoms. The molecule has 1 aromatic heterocycles. The Hall–Kier alpha value is -2.86. The molecule has 0 saturated heterocycles. The summed E-state index contributed by atoms with van der Waals surface area (Å²) in [7, 11) is 3.11. The van der Waals surface area contributed by atoms with Crippen LogP contribution in [-0.4, -0.2) is 35.3 Å². The first kappa shape index (κ1) is 15.1. The zero-order valence-electron chi connectivity index (χ0n) is 12.7. The lowest BCUT2D eigenvalue weighted by Crippen LogP contribution is -2.05. The van der Waals surface area contributed by atoms with Crippen LogP contribution in [0.15, 0.2) is 42.5 Å². The first-order valence-electron chi connectivity index (χ1n) is 7.03. The molecule has 118 valence electrons. The second-order valence-electron chi connectivity index (χ2n) is 4.99. The number of ether oxygens (including phenoxy) is 2. The summed E-state index contributed by atoms with van der Waals surface area (Å²) in [6.45, 7) is 0. The molecule has 0 fully saturated rings. The van der Waals surface area contributed by atoms with Crippen molar-refractivity contribution in [3.8, 4) is 5.75 Å². The minimum absolute atomic E-state index is 0.141. The highest BCUT2D eigenvalue weighted by molar-refractivity contribution is 6.02. The molecular weight excluding hydrogens is 296 g/mol. The van der Waals surface area contributed by atoms with Crippen molar-refractivity contribution in [1.29, 1.82) is 0 Å². The average molecular weight is 312 g/mol. The van der Waals surface area contributed by atoms with Crippen LogP contribution in [-0.2, 0) is 4.74 Å². The van der Waals surface area contributed by atoms with Crippen molar-refractivity contribution < 1.29 is 19.4 Å². The van der Waals surface area contributed by atoms with Crippen molar-refractivity contribution in [2.75, 3.05) is 14.2 Å². The van der Waals surface area contributed by atoms with Gasteiger partial charge in [0.25, 0.3) is 0 Å². The van der Waals surface area contributed by atoms with Gasteiger partial charge in [0.05, 0.1) is 18.2 Å². The highest BCUT2D eigenvalue weighted by Gasteiger charge is 2.21. The summed E-state index contributed by atoms with van der Waals surface area (Å²) in [6.07, 6.45) is -0.421. The number of fused-ring (bicyclic) bond motifs is 1. The van der Waals surface area contributed by atoms with E-state index in [9.17, 15) is 9.90 Å². The number of nitrogens with one attached hydrogen (secondary N) is 1. The van der Waals surface area contributed by atoms with Crippen molar-refractivity contribution in [2.45, 2.75) is 6.10 Å². The molecule has 0 aliphatic carbocycles. The number of aromatic amines is 1. The van der Waals surface area contributed by atoms with Crippen LogP contribution in [0.25, 0.3) is 11.0 Å². The molecule has 6 nitrogen and oxygen atoms in total. The number of H-pyrrole nitrogens is 1. The number of aromatic nitrogens is 2. The third-order valence-electron chi connectivity index (χ3n) is 3.66. The largest absolute Gasteiger partial charge is 0.494 e. The van der Waals surface area contributed by atoms with Crippen molar-refractivity contribution in [3.05, 3.63) is 59.4 Å². The lowest BCUT2D eigenvalue weighted by atomic mass is 10.1. The minimum atomic E-state index is -1.03. The number of benzene rings is 2. The first-order valence-corrected chi connectivity index (χ1v) is 7.03. The summed E-state index contributed by atoms with van der Waals surface area (Å²) in [5, 5.41) is 9.35. The maximum atomic E-state index is 11.4. The summed E-state index contributed by atoms with van der Waals surface area (Å²) < 4.78 is 10.8. The van der Waals surface area contributed by atoms with Gasteiger partial charge >= 0.3 is 5.97 Å². The van der Waals surface area contributed by atoms with Gasteiger partial charge in [0.15, 0.2) is 0 Å². The average Bonchev–Trinajstić information content (AvgIpc) is 3.00. The van der Waals surface area contributed by atoms with Crippen LogP contribution in [0, 0.1) is 0 Å². The molecular formula is C17H16N2O4. The number of nitrogens with zero attached hydrogens (tertiary/aromatic N) is 1. The lowest BCUT2D eigenvalue weighted by Gasteiger charge is -2.12. The van der Waals surface area contributed by atoms with Gasteiger partial charge < -0.3 is 19.6 Å². The summed E-state index contributed by atoms with van der Waals surface area (Å²) in [5.41, 5.74) is 1.96. The lowest BCUT2D eigenvalue weighted by molar-refractivity contribution is 0.0698. The van der Waals surface area contributed by atoms with Crippen LogP contribution in [0.4, 0.5) is 0 Å². The Labute approximate surface area is 132 Å². The van der Waals surface area contributed by atoms with Crippen LogP contribution in [0.3, 0.4) is 0 Å². The predicted molar refractivity (Wildman–Crippen MR) is 84.9 cm³/mol. The highest BCUT2D eigenvalue weighted by atomic mass is 16.5. The molecule has 1 unspecified atom stereocenters. The molecule has 0 aliphatic heterocycles. The van der Waals surface area contributed by atoms with Gasteiger partial charge in [-0.05, 0) is 17.7 Å². The molecule has 23 heavy (non-hydrogen) atoms. The third kappa shape index (κ3) is 2.64. The monoisotopic (exact) mass is 312 g/mol. The Morgan fingerprint density at radius 3 is 2.52 bits per heavy atom. The molecule has 3 aromatic rings. The SMILES string of the molecule is COc1ccc(C(=O)O)c2[nH]c(C(OC)c3ccccc3)nc12. The predicted octanol–water partition coefficient (Wildman–Crippen LogP) is 3.01. The van der Waals surface area contributed by atoms with E-state index in [1.165, 1.54) is 13.2 Å². The number of hydrogen-bond acceptors (Lipinski definition) is 4. The Morgan fingerprint density at radius 2 is 1.91 bits per heavy atom. The third-order valence-corrected chi connectivity index (χ3v) is 3.66. The zero-order chi connectivity index (χ0) is 16.4. The van der Waals surface area contributed by atoms with E-state index in [-0.39, 0.29) is 5.56 Å². The fourth-order valence-electron chi connectivity index (χ4n) is 2.59. The number of carboxylic acids is 1. The normalized spacial score (nSPS) is 12.3. The number of hydrogen-bond donors (Lipinski definition) is 2. The Bertz CT molecular complexity index is 842. The molecule has 1 atom stereocenters. The molecule has 0 aliphatic rings. The maximum Gasteiger partial charge on any atom is 0.337 e. The van der Waals surface area contributed by atoms with Crippen molar-refractivity contribution in [3.63, 3.8) is 0 Å². The van der Waals surface area contributed by atoms with E-state index >= 15 is 0 Å². The Balaban J connectivity index is 2.19. The summed E-state index contributed by atoms with van der Waals surface area (Å²) >= 11 is 0. The Kier molecular flexibility index (Phi) is 3.99. The Morgan fingerprint density at radius 1 is 1.17 bits per heavy atom. The second kappa shape index (κ2) is 6.10. The highest BCUT2D eigenvalue weighted by Crippen LogP contribution is 2.31. The van der Waals surface area contributed by atoms with Gasteiger partial charge in [-0.2, -0.15) is 0 Å². The van der Waals surface area contributed by atoms with E-state index in [4.69, 9.17) is 9.47 Å². The quantitative estimate of drug-likeness (QED) is 0.756. The minimum Gasteiger partial charge on any atom is -0.494 e. The molecule has 0 radical (unpaired) electrons. The van der Waals surface area contributed by atoms with E-state index < -0.39 is 12.1 Å². The van der Waals surface area contributed by atoms with Crippen LogP contribution in [0.5, 0.6) is 5.75 Å². The molecule has 6 heteroatoms. The molecule has 3 rings (SSSR count). The van der Waals surface area contributed by atoms with Crippen LogP contribution in [0.1, 0.15) is 27.8 Å². The van der Waals surface area contributed by atoms with Gasteiger partial charge in [-0.25, -0.2) is 9.78 Å². The smallest absolute Gasteiger partial charge is 0.337 e. The van der Waals surface area contributed by atoms with Gasteiger partial charge in [-0.15, -0.1) is 0 Å². The van der Waals surface area contributed by atoms with E-state index in [1.54, 1.807) is 13.2 Å². The second-order valence-corrected chi connectivity index (χ2v) is 4.99. The zero-order valence-corrected chi connectivity index (χ0v) is 12.7. The molecule has 1 heterocycles. The number of aromatic carboxylic acids is 1. The van der Waals surface area contributed by atoms with E-state index in [2.05, 4.69) is 9.97 Å². The van der Waals surface area contributed by atoms with Crippen molar-refractivity contribution in [1.82, 2.24) is 9.97 Å². The van der Waals surface area contributed by atoms with Gasteiger partial charge in [0.2, 0.25) is 0 Å². The summed E-state index contributed by atoms with van der Waals surface area (Å²) in [4.78, 5) is 19.0. The fraction of sp³-hybridized carbons (Fsp3) is 0.176. The number of methoxy groups -OCH3 is 2. The summed E-state index contributed by atoms with van der Waals surface area (Å²) in [5.74, 6) is 0.0117. The topological polar surface area (TPSA) is 84.4 Å². The number of carboxylic acid groups (broad SMARTS) is 1. The molecule has 2 aromatic carbocycles. The molecule has 0 bridgehead atoms. The van der Waals surface area contributed by atoms with Crippen molar-refractivity contribution in [2.24, 2.45) is 0 Å². The molecule has 2 N–H and O–H groups in total. The molecule has 0 saturated carbocycles. The van der Waals surface area contributed by atoms with E-state index in [0.717, 1.165) is 5.56 Å². The van der Waals surface area contributed by atoms with E-state index in [1.807, 2.05) is 30.3 Å². The van der Waals surface area contributed by atoms with Gasteiger partial charge in [0, 0.05) is 7.11 Å². The molecule has 0 amide bonds. The van der Waals surface area contributed by atoms with Crippen LogP contribution in [0.2, 0.25) is 0 Å². The van der Waals surface area contributed by atoms with Crippen LogP contribution < -0.4 is 4.74 Å². The van der Waals surface area contributed by atoms with Gasteiger partial charge in [-0.1, -0.05) is 30.3 Å². The summed E-state index contributed by atoms with van der Waals surface area (Å²) in [6, 6.07) is 12.7. The number of carbonyl (C=O) groups is 1.